The highest BCUT2D eigenvalue weighted by molar-refractivity contribution is 7.91. The summed E-state index contributed by atoms with van der Waals surface area (Å²) in [7, 11) is -2.36. The number of benzene rings is 2. The summed E-state index contributed by atoms with van der Waals surface area (Å²) < 4.78 is 40.1. The van der Waals surface area contributed by atoms with Gasteiger partial charge < -0.3 is 25.0 Å². The van der Waals surface area contributed by atoms with E-state index in [4.69, 9.17) is 14.5 Å². The second-order valence-corrected chi connectivity index (χ2v) is 18.3. The highest BCUT2D eigenvalue weighted by Crippen LogP contribution is 2.49. The summed E-state index contributed by atoms with van der Waals surface area (Å²) in [6, 6.07) is 13.8. The largest absolute Gasteiger partial charge is 0.497 e. The first-order chi connectivity index (χ1) is 25.9. The number of allylic oxidation sites excluding steroid dienone is 1. The van der Waals surface area contributed by atoms with Crippen LogP contribution in [-0.4, -0.2) is 77.6 Å². The van der Waals surface area contributed by atoms with Gasteiger partial charge in [-0.15, -0.1) is 0 Å². The third-order valence-corrected chi connectivity index (χ3v) is 14.5. The summed E-state index contributed by atoms with van der Waals surface area (Å²) >= 11 is 0. The second-order valence-electron chi connectivity index (χ2n) is 16.1. The summed E-state index contributed by atoms with van der Waals surface area (Å²) in [4.78, 5) is 50.0. The molecular formula is C41H49N5O7S. The summed E-state index contributed by atoms with van der Waals surface area (Å²) in [5, 5.41) is 7.49. The van der Waals surface area contributed by atoms with Crippen molar-refractivity contribution in [3.05, 3.63) is 71.9 Å². The predicted octanol–water partition coefficient (Wildman–Crippen LogP) is 5.09. The van der Waals surface area contributed by atoms with Crippen LogP contribution in [0.3, 0.4) is 0 Å². The lowest BCUT2D eigenvalue weighted by molar-refractivity contribution is -0.140. The van der Waals surface area contributed by atoms with Crippen LogP contribution in [0.1, 0.15) is 82.4 Å². The van der Waals surface area contributed by atoms with Gasteiger partial charge in [0.05, 0.1) is 29.6 Å². The minimum Gasteiger partial charge on any atom is -0.497 e. The van der Waals surface area contributed by atoms with E-state index in [0.717, 1.165) is 53.5 Å². The normalized spacial score (nSPS) is 29.7. The van der Waals surface area contributed by atoms with E-state index in [1.165, 1.54) is 0 Å². The highest BCUT2D eigenvalue weighted by atomic mass is 32.2. The first kappa shape index (κ1) is 36.3. The number of anilines is 1. The number of hydrogen-bond acceptors (Lipinski definition) is 9. The Bertz CT molecular complexity index is 2150. The van der Waals surface area contributed by atoms with E-state index >= 15 is 0 Å². The summed E-state index contributed by atoms with van der Waals surface area (Å²) in [5.74, 6) is -0.513. The van der Waals surface area contributed by atoms with E-state index in [1.807, 2.05) is 67.6 Å². The van der Waals surface area contributed by atoms with Crippen molar-refractivity contribution >= 4 is 44.3 Å². The first-order valence-corrected chi connectivity index (χ1v) is 20.7. The molecule has 13 heteroatoms. The standard InChI is InChI=1S/C41H49N5O7S/c1-26-35-31(30-15-9-10-16-32(30)42-26)18-19-40(53-35)24-34-36(47)44-41(38(49)45-54(50,51)39(2)20-21-39)23-27(41)12-7-5-4-6-8-17-33(37(48)46(34)25-40)43-28-13-11-14-29(22-28)52-3/h7,9-16,22,27,33-34,43H,4-6,8,17-21,23-25H2,1-3H3,(H,44,47)(H,45,49)/b12-7-/t27-,33+,34+,40-,41-/m1/s1. The molecule has 8 rings (SSSR count). The first-order valence-electron chi connectivity index (χ1n) is 19.2. The van der Waals surface area contributed by atoms with Crippen LogP contribution in [0.5, 0.6) is 11.5 Å². The van der Waals surface area contributed by atoms with Gasteiger partial charge >= 0.3 is 0 Å². The Hall–Kier alpha value is -4.65. The zero-order chi connectivity index (χ0) is 37.9. The van der Waals surface area contributed by atoms with Crippen LogP contribution in [0.4, 0.5) is 5.69 Å². The van der Waals surface area contributed by atoms with Crippen molar-refractivity contribution in [2.75, 3.05) is 19.0 Å². The molecule has 2 aromatic carbocycles. The van der Waals surface area contributed by atoms with Crippen molar-refractivity contribution in [3.63, 3.8) is 0 Å². The fourth-order valence-corrected chi connectivity index (χ4v) is 9.87. The van der Waals surface area contributed by atoms with E-state index in [0.29, 0.717) is 43.6 Å². The number of nitrogens with one attached hydrogen (secondary N) is 3. The lowest BCUT2D eigenvalue weighted by Gasteiger charge is -2.36. The molecule has 1 saturated heterocycles. The molecule has 1 aromatic heterocycles. The number of amides is 3. The number of carbonyl (C=O) groups is 3. The molecule has 1 spiro atoms. The molecule has 3 amide bonds. The molecule has 12 nitrogen and oxygen atoms in total. The fourth-order valence-electron chi connectivity index (χ4n) is 8.56. The maximum absolute atomic E-state index is 14.9. The van der Waals surface area contributed by atoms with Gasteiger partial charge in [0.1, 0.15) is 34.7 Å². The molecule has 3 aliphatic heterocycles. The van der Waals surface area contributed by atoms with Crippen molar-refractivity contribution in [2.24, 2.45) is 5.92 Å². The van der Waals surface area contributed by atoms with E-state index < -0.39 is 49.8 Å². The number of sulfonamides is 1. The zero-order valence-electron chi connectivity index (χ0n) is 31.2. The van der Waals surface area contributed by atoms with Gasteiger partial charge in [0.15, 0.2) is 0 Å². The summed E-state index contributed by atoms with van der Waals surface area (Å²) in [5.41, 5.74) is 1.09. The lowest BCUT2D eigenvalue weighted by atomic mass is 9.87. The Labute approximate surface area is 316 Å². The number of para-hydroxylation sites is 1. The van der Waals surface area contributed by atoms with Gasteiger partial charge in [-0.2, -0.15) is 0 Å². The molecule has 0 bridgehead atoms. The van der Waals surface area contributed by atoms with E-state index in [-0.39, 0.29) is 31.2 Å². The van der Waals surface area contributed by atoms with Gasteiger partial charge in [-0.1, -0.05) is 49.3 Å². The molecule has 0 radical (unpaired) electrons. The molecule has 2 saturated carbocycles. The van der Waals surface area contributed by atoms with Gasteiger partial charge in [-0.05, 0) is 83.4 Å². The Morgan fingerprint density at radius 3 is 2.67 bits per heavy atom. The second kappa shape index (κ2) is 13.6. The number of methoxy groups -OCH3 is 1. The topological polar surface area (TPSA) is 156 Å². The van der Waals surface area contributed by atoms with E-state index in [9.17, 15) is 22.8 Å². The number of pyridine rings is 1. The molecule has 3 N–H and O–H groups in total. The number of ether oxygens (including phenoxy) is 2. The monoisotopic (exact) mass is 755 g/mol. The smallest absolute Gasteiger partial charge is 0.259 e. The Balaban J connectivity index is 1.15. The SMILES string of the molecule is COc1cccc(N[C@H]2CCCCC/C=C\[C@@H]3C[C@@]3(C(=O)NS(=O)(=O)C3(C)CC3)NC(=O)[C@@H]3C[C@]4(CCc5c(c(C)nc6ccccc56)O4)CN3C2=O)c1. The van der Waals surface area contributed by atoms with Crippen LogP contribution in [0.15, 0.2) is 60.7 Å². The van der Waals surface area contributed by atoms with Crippen molar-refractivity contribution < 1.29 is 32.3 Å². The molecule has 5 atom stereocenters. The minimum atomic E-state index is -3.95. The van der Waals surface area contributed by atoms with Crippen molar-refractivity contribution in [1.82, 2.24) is 19.9 Å². The summed E-state index contributed by atoms with van der Waals surface area (Å²) in [6.07, 6.45) is 10.5. The molecule has 4 heterocycles. The minimum absolute atomic E-state index is 0.168. The maximum Gasteiger partial charge on any atom is 0.259 e. The molecule has 54 heavy (non-hydrogen) atoms. The number of aryl methyl sites for hydroxylation is 2. The number of rotatable bonds is 6. The molecule has 3 aromatic rings. The van der Waals surface area contributed by atoms with Gasteiger partial charge in [0.25, 0.3) is 5.91 Å². The van der Waals surface area contributed by atoms with Gasteiger partial charge in [0.2, 0.25) is 21.8 Å². The Kier molecular flexibility index (Phi) is 9.14. The summed E-state index contributed by atoms with van der Waals surface area (Å²) in [6.45, 7) is 3.71. The van der Waals surface area contributed by atoms with Crippen molar-refractivity contribution in [3.8, 4) is 11.5 Å². The van der Waals surface area contributed by atoms with Crippen LogP contribution in [-0.2, 0) is 30.8 Å². The van der Waals surface area contributed by atoms with Gasteiger partial charge in [0, 0.05) is 35.0 Å². The van der Waals surface area contributed by atoms with E-state index in [1.54, 1.807) is 18.9 Å². The number of hydrogen-bond donors (Lipinski definition) is 3. The quantitative estimate of drug-likeness (QED) is 0.292. The molecule has 3 fully saturated rings. The number of fused-ring (bicyclic) bond motifs is 5. The Morgan fingerprint density at radius 2 is 1.87 bits per heavy atom. The fraction of sp³-hybridized carbons (Fsp3) is 0.512. The molecule has 2 aliphatic carbocycles. The molecular weight excluding hydrogens is 707 g/mol. The van der Waals surface area contributed by atoms with Crippen LogP contribution in [0.25, 0.3) is 10.9 Å². The molecule has 5 aliphatic rings. The van der Waals surface area contributed by atoms with Crippen molar-refractivity contribution in [2.45, 2.75) is 112 Å². The third kappa shape index (κ3) is 6.58. The van der Waals surface area contributed by atoms with Crippen LogP contribution >= 0.6 is 0 Å². The predicted molar refractivity (Wildman–Crippen MR) is 205 cm³/mol. The van der Waals surface area contributed by atoms with Gasteiger partial charge in [-0.3, -0.25) is 19.1 Å². The zero-order valence-corrected chi connectivity index (χ0v) is 32.0. The third-order valence-electron chi connectivity index (χ3n) is 12.3. The number of carbonyl (C=O) groups excluding carboxylic acids is 3. The average Bonchev–Trinajstić information content (AvgIpc) is 4.05. The lowest BCUT2D eigenvalue weighted by Crippen LogP contribution is -2.58. The van der Waals surface area contributed by atoms with Crippen molar-refractivity contribution in [1.29, 1.82) is 0 Å². The average molecular weight is 756 g/mol. The van der Waals surface area contributed by atoms with Crippen LogP contribution in [0.2, 0.25) is 0 Å². The van der Waals surface area contributed by atoms with E-state index in [2.05, 4.69) is 15.4 Å². The van der Waals surface area contributed by atoms with Crippen LogP contribution < -0.4 is 24.8 Å². The molecule has 286 valence electrons. The van der Waals surface area contributed by atoms with Crippen LogP contribution in [0, 0.1) is 12.8 Å². The number of nitrogens with zero attached hydrogens (tertiary/aromatic N) is 2. The highest BCUT2D eigenvalue weighted by Gasteiger charge is 2.64. The molecule has 0 unspecified atom stereocenters. The number of aromatic nitrogens is 1. The Morgan fingerprint density at radius 1 is 1.06 bits per heavy atom. The maximum atomic E-state index is 14.9. The van der Waals surface area contributed by atoms with Gasteiger partial charge in [-0.25, -0.2) is 13.4 Å².